The van der Waals surface area contributed by atoms with Gasteiger partial charge in [-0.1, -0.05) is 19.6 Å². The third kappa shape index (κ3) is 4.37. The number of carbonyl (C=O) groups excluding carboxylic acids is 1. The number of ketones is 1. The zero-order chi connectivity index (χ0) is 8.85. The van der Waals surface area contributed by atoms with Crippen molar-refractivity contribution in [2.45, 2.75) is 13.8 Å². The van der Waals surface area contributed by atoms with Crippen LogP contribution in [0.15, 0.2) is 24.5 Å². The van der Waals surface area contributed by atoms with Crippen molar-refractivity contribution in [1.29, 1.82) is 0 Å². The van der Waals surface area contributed by atoms with Gasteiger partial charge < -0.3 is 4.74 Å². The van der Waals surface area contributed by atoms with Gasteiger partial charge in [0.05, 0.1) is 7.11 Å². The van der Waals surface area contributed by atoms with Gasteiger partial charge in [-0.15, -0.1) is 0 Å². The third-order valence-corrected chi connectivity index (χ3v) is 1.47. The number of rotatable bonds is 4. The van der Waals surface area contributed by atoms with E-state index >= 15 is 0 Å². The molecule has 0 aromatic carbocycles. The van der Waals surface area contributed by atoms with Crippen molar-refractivity contribution < 1.29 is 9.53 Å². The van der Waals surface area contributed by atoms with Gasteiger partial charge in [-0.05, 0) is 13.0 Å². The lowest BCUT2D eigenvalue weighted by Gasteiger charge is -1.99. The third-order valence-electron chi connectivity index (χ3n) is 1.47. The molecule has 0 rings (SSSR count). The molecule has 0 saturated heterocycles. The highest BCUT2D eigenvalue weighted by Crippen LogP contribution is 2.01. The van der Waals surface area contributed by atoms with Crippen LogP contribution in [0, 0.1) is 5.92 Å². The highest BCUT2D eigenvalue weighted by molar-refractivity contribution is 5.79. The molecule has 0 spiro atoms. The van der Waals surface area contributed by atoms with Gasteiger partial charge in [0.2, 0.25) is 0 Å². The van der Waals surface area contributed by atoms with Crippen molar-refractivity contribution in [2.24, 2.45) is 5.92 Å². The number of methoxy groups -OCH3 is 1. The van der Waals surface area contributed by atoms with Crippen molar-refractivity contribution in [3.63, 3.8) is 0 Å². The summed E-state index contributed by atoms with van der Waals surface area (Å²) in [4.78, 5) is 10.7. The Bertz CT molecular complexity index is 180. The molecule has 62 valence electrons. The zero-order valence-electron chi connectivity index (χ0n) is 7.26. The molecule has 0 aliphatic heterocycles. The van der Waals surface area contributed by atoms with Crippen LogP contribution >= 0.6 is 0 Å². The normalized spacial score (nSPS) is 13.0. The Morgan fingerprint density at radius 1 is 1.64 bits per heavy atom. The molecule has 0 N–H and O–H groups in total. The summed E-state index contributed by atoms with van der Waals surface area (Å²) in [6.07, 6.45) is 3.47. The van der Waals surface area contributed by atoms with E-state index in [2.05, 4.69) is 6.58 Å². The Balaban J connectivity index is 3.92. The minimum absolute atomic E-state index is 0.0538. The molecule has 0 bridgehead atoms. The van der Waals surface area contributed by atoms with E-state index < -0.39 is 0 Å². The standard InChI is InChI=1S/C9H14O2/c1-7(9(3)10)5-6-8(2)11-4/h5-7H,2H2,1,3-4H3/b6-5-. The summed E-state index contributed by atoms with van der Waals surface area (Å²) in [6.45, 7) is 6.98. The molecular weight excluding hydrogens is 140 g/mol. The van der Waals surface area contributed by atoms with Crippen molar-refractivity contribution >= 4 is 5.78 Å². The maximum absolute atomic E-state index is 10.7. The average molecular weight is 154 g/mol. The summed E-state index contributed by atoms with van der Waals surface area (Å²) >= 11 is 0. The van der Waals surface area contributed by atoms with E-state index in [0.29, 0.717) is 5.76 Å². The average Bonchev–Trinajstić information content (AvgIpc) is 1.99. The number of hydrogen-bond acceptors (Lipinski definition) is 2. The van der Waals surface area contributed by atoms with Crippen LogP contribution in [0.2, 0.25) is 0 Å². The second-order valence-electron chi connectivity index (χ2n) is 2.43. The van der Waals surface area contributed by atoms with Gasteiger partial charge in [-0.25, -0.2) is 0 Å². The molecule has 0 aliphatic rings. The van der Waals surface area contributed by atoms with E-state index in [4.69, 9.17) is 4.74 Å². The van der Waals surface area contributed by atoms with Gasteiger partial charge in [0.1, 0.15) is 11.5 Å². The van der Waals surface area contributed by atoms with Crippen molar-refractivity contribution in [1.82, 2.24) is 0 Å². The summed E-state index contributed by atoms with van der Waals surface area (Å²) in [7, 11) is 1.55. The number of hydrogen-bond donors (Lipinski definition) is 0. The van der Waals surface area contributed by atoms with Gasteiger partial charge in [0.15, 0.2) is 0 Å². The number of carbonyl (C=O) groups is 1. The van der Waals surface area contributed by atoms with Gasteiger partial charge in [-0.3, -0.25) is 4.79 Å². The predicted octanol–water partition coefficient (Wildman–Crippen LogP) is 1.93. The lowest BCUT2D eigenvalue weighted by molar-refractivity contribution is -0.118. The maximum atomic E-state index is 10.7. The van der Waals surface area contributed by atoms with Crippen molar-refractivity contribution in [2.75, 3.05) is 7.11 Å². The minimum Gasteiger partial charge on any atom is -0.497 e. The molecule has 0 fully saturated rings. The SMILES string of the molecule is C=C(/C=C\C(C)C(C)=O)OC. The van der Waals surface area contributed by atoms with E-state index in [9.17, 15) is 4.79 Å². The Hall–Kier alpha value is -1.05. The van der Waals surface area contributed by atoms with Crippen LogP contribution in [-0.2, 0) is 9.53 Å². The van der Waals surface area contributed by atoms with Crippen LogP contribution in [0.25, 0.3) is 0 Å². The van der Waals surface area contributed by atoms with Gasteiger partial charge in [0, 0.05) is 5.92 Å². The number of ether oxygens (including phenoxy) is 1. The Morgan fingerprint density at radius 2 is 2.18 bits per heavy atom. The minimum atomic E-state index is -0.0538. The van der Waals surface area contributed by atoms with Crippen LogP contribution in [0.3, 0.4) is 0 Å². The quantitative estimate of drug-likeness (QED) is 0.457. The molecule has 1 atom stereocenters. The van der Waals surface area contributed by atoms with Gasteiger partial charge in [-0.2, -0.15) is 0 Å². The summed E-state index contributed by atoms with van der Waals surface area (Å²) in [5.41, 5.74) is 0. The molecule has 0 radical (unpaired) electrons. The summed E-state index contributed by atoms with van der Waals surface area (Å²) in [5, 5.41) is 0. The van der Waals surface area contributed by atoms with Crippen molar-refractivity contribution in [3.05, 3.63) is 24.5 Å². The van der Waals surface area contributed by atoms with E-state index in [1.54, 1.807) is 26.2 Å². The smallest absolute Gasteiger partial charge is 0.136 e. The lowest BCUT2D eigenvalue weighted by Crippen LogP contribution is -2.01. The first-order valence-corrected chi connectivity index (χ1v) is 3.49. The van der Waals surface area contributed by atoms with Crippen LogP contribution in [-0.4, -0.2) is 12.9 Å². The van der Waals surface area contributed by atoms with Gasteiger partial charge in [0.25, 0.3) is 0 Å². The lowest BCUT2D eigenvalue weighted by atomic mass is 10.1. The maximum Gasteiger partial charge on any atom is 0.136 e. The van der Waals surface area contributed by atoms with Crippen LogP contribution in [0.4, 0.5) is 0 Å². The Morgan fingerprint density at radius 3 is 2.55 bits per heavy atom. The molecule has 0 aromatic heterocycles. The van der Waals surface area contributed by atoms with Crippen molar-refractivity contribution in [3.8, 4) is 0 Å². The molecule has 11 heavy (non-hydrogen) atoms. The molecule has 0 amide bonds. The molecule has 0 aliphatic carbocycles. The van der Waals surface area contributed by atoms with Crippen LogP contribution in [0.1, 0.15) is 13.8 Å². The highest BCUT2D eigenvalue weighted by Gasteiger charge is 2.01. The predicted molar refractivity (Wildman–Crippen MR) is 45.1 cm³/mol. The van der Waals surface area contributed by atoms with E-state index in [0.717, 1.165) is 0 Å². The highest BCUT2D eigenvalue weighted by atomic mass is 16.5. The van der Waals surface area contributed by atoms with Gasteiger partial charge >= 0.3 is 0 Å². The summed E-state index contributed by atoms with van der Waals surface area (Å²) in [6, 6.07) is 0. The fourth-order valence-electron chi connectivity index (χ4n) is 0.455. The fourth-order valence-corrected chi connectivity index (χ4v) is 0.455. The Kier molecular flexibility index (Phi) is 4.27. The Labute approximate surface area is 67.6 Å². The monoisotopic (exact) mass is 154 g/mol. The number of Topliss-reactive ketones (excluding diaryl/α,β-unsaturated/α-hetero) is 1. The zero-order valence-corrected chi connectivity index (χ0v) is 7.26. The molecule has 0 aromatic rings. The molecule has 0 heterocycles. The first-order valence-electron chi connectivity index (χ1n) is 3.49. The largest absolute Gasteiger partial charge is 0.497 e. The second kappa shape index (κ2) is 4.72. The summed E-state index contributed by atoms with van der Waals surface area (Å²) in [5.74, 6) is 0.658. The van der Waals surface area contributed by atoms with E-state index in [-0.39, 0.29) is 11.7 Å². The van der Waals surface area contributed by atoms with Crippen LogP contribution < -0.4 is 0 Å². The van der Waals surface area contributed by atoms with E-state index in [1.807, 2.05) is 6.92 Å². The molecule has 0 saturated carbocycles. The molecule has 1 unspecified atom stereocenters. The number of allylic oxidation sites excluding steroid dienone is 2. The first-order chi connectivity index (χ1) is 5.07. The fraction of sp³-hybridized carbons (Fsp3) is 0.444. The molecule has 2 nitrogen and oxygen atoms in total. The topological polar surface area (TPSA) is 26.3 Å². The molecular formula is C9H14O2. The molecule has 2 heteroatoms. The second-order valence-corrected chi connectivity index (χ2v) is 2.43. The first kappa shape index (κ1) is 9.95. The van der Waals surface area contributed by atoms with E-state index in [1.165, 1.54) is 0 Å². The van der Waals surface area contributed by atoms with Crippen LogP contribution in [0.5, 0.6) is 0 Å². The summed E-state index contributed by atoms with van der Waals surface area (Å²) < 4.78 is 4.79.